The van der Waals surface area contributed by atoms with Gasteiger partial charge in [-0.2, -0.15) is 10.4 Å². The van der Waals surface area contributed by atoms with Crippen LogP contribution in [0.3, 0.4) is 0 Å². The third-order valence-electron chi connectivity index (χ3n) is 5.97. The van der Waals surface area contributed by atoms with Gasteiger partial charge in [-0.15, -0.1) is 0 Å². The van der Waals surface area contributed by atoms with Gasteiger partial charge in [0, 0.05) is 48.6 Å². The van der Waals surface area contributed by atoms with Crippen molar-refractivity contribution in [1.82, 2.24) is 4.59 Å². The van der Waals surface area contributed by atoms with E-state index >= 15 is 0 Å². The van der Waals surface area contributed by atoms with Gasteiger partial charge < -0.3 is 4.90 Å². The topological polar surface area (TPSA) is 29.3 Å². The second-order valence-corrected chi connectivity index (χ2v) is 7.67. The predicted octanol–water partition coefficient (Wildman–Crippen LogP) is 5.56. The maximum absolute atomic E-state index is 7.30. The van der Waals surface area contributed by atoms with Crippen molar-refractivity contribution in [2.24, 2.45) is 5.84 Å². The summed E-state index contributed by atoms with van der Waals surface area (Å²) in [5, 5.41) is 0. The van der Waals surface area contributed by atoms with E-state index in [9.17, 15) is 0 Å². The highest BCUT2D eigenvalue weighted by Crippen LogP contribution is 2.49. The van der Waals surface area contributed by atoms with Crippen molar-refractivity contribution < 1.29 is 0 Å². The lowest BCUT2D eigenvalue weighted by atomic mass is 9.90. The Hall–Kier alpha value is -3.40. The van der Waals surface area contributed by atoms with Crippen LogP contribution >= 0.6 is 0 Å². The first-order valence-electron chi connectivity index (χ1n) is 9.84. The van der Waals surface area contributed by atoms with Crippen molar-refractivity contribution in [1.29, 1.82) is 0 Å². The molecule has 1 unspecified atom stereocenters. The third kappa shape index (κ3) is 2.59. The van der Waals surface area contributed by atoms with Crippen molar-refractivity contribution >= 4 is 22.6 Å². The number of anilines is 1. The number of rotatable bonds is 3. The number of likely N-dealkylation sites (N-methyl/N-ethyl adjacent to an activating group) is 1. The Kier molecular flexibility index (Phi) is 4.02. The van der Waals surface area contributed by atoms with Crippen molar-refractivity contribution in [2.45, 2.75) is 6.04 Å². The lowest BCUT2D eigenvalue weighted by molar-refractivity contribution is 0.463. The molecule has 0 radical (unpaired) electrons. The summed E-state index contributed by atoms with van der Waals surface area (Å²) in [6, 6.07) is 29.2. The van der Waals surface area contributed by atoms with Crippen LogP contribution in [0.2, 0.25) is 0 Å². The fourth-order valence-electron chi connectivity index (χ4n) is 4.61. The molecule has 2 N–H and O–H groups in total. The molecule has 3 aromatic carbocycles. The van der Waals surface area contributed by atoms with Crippen LogP contribution in [0.5, 0.6) is 0 Å². The Morgan fingerprint density at radius 3 is 1.97 bits per heavy atom. The van der Waals surface area contributed by atoms with E-state index in [4.69, 9.17) is 5.84 Å². The number of fused-ring (bicyclic) bond motifs is 3. The molecule has 0 spiro atoms. The van der Waals surface area contributed by atoms with Crippen molar-refractivity contribution in [2.75, 3.05) is 11.9 Å². The van der Waals surface area contributed by atoms with Gasteiger partial charge in [0.05, 0.1) is 0 Å². The van der Waals surface area contributed by atoms with Crippen LogP contribution in [0.1, 0.15) is 5.56 Å². The summed E-state index contributed by atoms with van der Waals surface area (Å²) in [6.07, 6.45) is 4.34. The van der Waals surface area contributed by atoms with Gasteiger partial charge >= 0.3 is 0 Å². The first kappa shape index (κ1) is 17.7. The molecule has 1 aliphatic heterocycles. The minimum Gasteiger partial charge on any atom is -0.358 e. The summed E-state index contributed by atoms with van der Waals surface area (Å²) < 4.78 is 0.112. The summed E-state index contributed by atoms with van der Waals surface area (Å²) in [7, 11) is 2.15. The summed E-state index contributed by atoms with van der Waals surface area (Å²) in [5.74, 6) is 7.30. The lowest BCUT2D eigenvalue weighted by Gasteiger charge is -2.39. The van der Waals surface area contributed by atoms with Crippen molar-refractivity contribution in [3.8, 4) is 0 Å². The average Bonchev–Trinajstić information content (AvgIpc) is 3.06. The molecular weight excluding hydrogens is 354 g/mol. The lowest BCUT2D eigenvalue weighted by Crippen LogP contribution is -2.56. The monoisotopic (exact) mass is 378 g/mol. The number of nitrogens with two attached hydrogens (primary N) is 1. The minimum absolute atomic E-state index is 0.0447. The molecule has 3 nitrogen and oxygen atoms in total. The van der Waals surface area contributed by atoms with Gasteiger partial charge in [-0.05, 0) is 23.3 Å². The zero-order valence-electron chi connectivity index (χ0n) is 16.5. The smallest absolute Gasteiger partial charge is 0.166 e. The molecule has 142 valence electrons. The van der Waals surface area contributed by atoms with Crippen molar-refractivity contribution in [3.05, 3.63) is 120 Å². The van der Waals surface area contributed by atoms with E-state index in [0.717, 1.165) is 22.6 Å². The third-order valence-corrected chi connectivity index (χ3v) is 5.97. The van der Waals surface area contributed by atoms with Crippen LogP contribution in [-0.4, -0.2) is 13.1 Å². The molecule has 1 heterocycles. The number of para-hydroxylation sites is 3. The van der Waals surface area contributed by atoms with Gasteiger partial charge in [-0.1, -0.05) is 61.2 Å². The first-order chi connectivity index (χ1) is 14.1. The van der Waals surface area contributed by atoms with Gasteiger partial charge in [0.15, 0.2) is 17.1 Å². The van der Waals surface area contributed by atoms with Crippen LogP contribution in [0.15, 0.2) is 115 Å². The highest BCUT2D eigenvalue weighted by Gasteiger charge is 2.47. The molecule has 29 heavy (non-hydrogen) atoms. The fraction of sp³-hybridized carbons (Fsp3) is 0.0769. The van der Waals surface area contributed by atoms with E-state index in [1.165, 1.54) is 16.8 Å². The molecule has 0 bridgehead atoms. The summed E-state index contributed by atoms with van der Waals surface area (Å²) >= 11 is 0. The van der Waals surface area contributed by atoms with Crippen LogP contribution < -0.4 is 15.3 Å². The van der Waals surface area contributed by atoms with Gasteiger partial charge in [0.2, 0.25) is 0 Å². The Labute approximate surface area is 171 Å². The molecule has 1 atom stereocenters. The van der Waals surface area contributed by atoms with E-state index in [-0.39, 0.29) is 10.6 Å². The molecule has 3 aromatic rings. The molecule has 1 aliphatic carbocycles. The maximum Gasteiger partial charge on any atom is 0.166 e. The highest BCUT2D eigenvalue weighted by molar-refractivity contribution is 5.93. The quantitative estimate of drug-likeness (QED) is 0.367. The Morgan fingerprint density at radius 2 is 1.34 bits per heavy atom. The normalized spacial score (nSPS) is 18.1. The zero-order chi connectivity index (χ0) is 20.0. The number of benzene rings is 3. The molecular formula is C26H24N3+. The standard InChI is InChI=1S/C26H24N3/c1-19-17-23-22-15-9-10-16-24(22)28(2)26(23)25(18-19)29(27,20-11-5-3-6-12-20)21-13-7-4-8-14-21/h3-18,26H,1,27H2,2H3/q+1. The molecule has 0 saturated heterocycles. The summed E-state index contributed by atoms with van der Waals surface area (Å²) in [6.45, 7) is 4.29. The van der Waals surface area contributed by atoms with Crippen molar-refractivity contribution in [3.63, 3.8) is 0 Å². The predicted molar refractivity (Wildman–Crippen MR) is 122 cm³/mol. The van der Waals surface area contributed by atoms with Crippen LogP contribution in [0.25, 0.3) is 5.57 Å². The molecule has 0 aromatic heterocycles. The van der Waals surface area contributed by atoms with E-state index in [1.54, 1.807) is 0 Å². The average molecular weight is 378 g/mol. The van der Waals surface area contributed by atoms with E-state index in [1.807, 2.05) is 36.4 Å². The second kappa shape index (κ2) is 6.59. The maximum atomic E-state index is 7.30. The molecule has 2 aliphatic rings. The van der Waals surface area contributed by atoms with Gasteiger partial charge in [0.1, 0.15) is 6.04 Å². The van der Waals surface area contributed by atoms with Crippen LogP contribution in [0.4, 0.5) is 17.1 Å². The number of hydrogen-bond donors (Lipinski definition) is 1. The largest absolute Gasteiger partial charge is 0.358 e. The number of nitrogens with zero attached hydrogens (tertiary/aromatic N) is 2. The molecule has 5 rings (SSSR count). The Balaban J connectivity index is 1.75. The van der Waals surface area contributed by atoms with E-state index < -0.39 is 0 Å². The number of hydrogen-bond acceptors (Lipinski definition) is 2. The summed E-state index contributed by atoms with van der Waals surface area (Å²) in [5.41, 5.74) is 7.81. The number of quaternary nitrogens is 1. The summed E-state index contributed by atoms with van der Waals surface area (Å²) in [4.78, 5) is 2.32. The molecule has 0 fully saturated rings. The minimum atomic E-state index is 0.0447. The van der Waals surface area contributed by atoms with Crippen LogP contribution in [0, 0.1) is 0 Å². The van der Waals surface area contributed by atoms with Gasteiger partial charge in [-0.25, -0.2) is 0 Å². The van der Waals surface area contributed by atoms with E-state index in [2.05, 4.69) is 79.2 Å². The van der Waals surface area contributed by atoms with Gasteiger partial charge in [0.25, 0.3) is 0 Å². The zero-order valence-corrected chi connectivity index (χ0v) is 16.5. The number of allylic oxidation sites excluding steroid dienone is 3. The van der Waals surface area contributed by atoms with Gasteiger partial charge in [-0.3, -0.25) is 0 Å². The molecule has 0 amide bonds. The molecule has 3 heteroatoms. The second-order valence-electron chi connectivity index (χ2n) is 7.67. The SMILES string of the molecule is C=C1C=C2c3ccccc3N(C)C2C([N+](N)(c2ccccc2)c2ccccc2)=C1. The van der Waals surface area contributed by atoms with E-state index in [0.29, 0.717) is 0 Å². The first-order valence-corrected chi connectivity index (χ1v) is 9.84. The van der Waals surface area contributed by atoms with Crippen LogP contribution in [-0.2, 0) is 0 Å². The Bertz CT molecular complexity index is 1100. The Morgan fingerprint density at radius 1 is 0.793 bits per heavy atom. The fourth-order valence-corrected chi connectivity index (χ4v) is 4.61. The highest BCUT2D eigenvalue weighted by atomic mass is 15.6. The molecule has 0 saturated carbocycles.